The molecule has 0 saturated carbocycles. The van der Waals surface area contributed by atoms with E-state index in [-0.39, 0.29) is 5.91 Å². The summed E-state index contributed by atoms with van der Waals surface area (Å²) in [6.07, 6.45) is 3.92. The quantitative estimate of drug-likeness (QED) is 0.833. The van der Waals surface area contributed by atoms with Gasteiger partial charge in [-0.1, -0.05) is 0 Å². The molecule has 94 valence electrons. The summed E-state index contributed by atoms with van der Waals surface area (Å²) in [5, 5.41) is 8.65. The fourth-order valence-corrected chi connectivity index (χ4v) is 2.59. The van der Waals surface area contributed by atoms with E-state index in [2.05, 4.69) is 20.5 Å². The van der Waals surface area contributed by atoms with Crippen molar-refractivity contribution in [3.05, 3.63) is 11.6 Å². The van der Waals surface area contributed by atoms with E-state index in [4.69, 9.17) is 0 Å². The fraction of sp³-hybridized carbons (Fsp3) is 0.636. The molecule has 2 rings (SSSR count). The van der Waals surface area contributed by atoms with Crippen molar-refractivity contribution in [1.82, 2.24) is 15.2 Å². The maximum absolute atomic E-state index is 11.8. The van der Waals surface area contributed by atoms with Crippen molar-refractivity contribution in [2.75, 3.05) is 32.0 Å². The van der Waals surface area contributed by atoms with Gasteiger partial charge in [-0.05, 0) is 33.0 Å². The van der Waals surface area contributed by atoms with Crippen LogP contribution in [0.1, 0.15) is 12.8 Å². The van der Waals surface area contributed by atoms with Crippen LogP contribution in [0.15, 0.2) is 11.6 Å². The highest BCUT2D eigenvalue weighted by molar-refractivity contribution is 7.13. The van der Waals surface area contributed by atoms with Gasteiger partial charge < -0.3 is 10.6 Å². The van der Waals surface area contributed by atoms with Crippen molar-refractivity contribution in [1.29, 1.82) is 0 Å². The standard InChI is InChI=1S/C11H18N4OS/c1-15(9-2-4-12-5-3-9)8-10(16)14-11-13-6-7-17-11/h6-7,9,12H,2-5,8H2,1H3,(H,13,14,16). The minimum atomic E-state index is 0.0148. The Hall–Kier alpha value is -0.980. The zero-order valence-corrected chi connectivity index (χ0v) is 10.8. The monoisotopic (exact) mass is 254 g/mol. The molecule has 0 radical (unpaired) electrons. The van der Waals surface area contributed by atoms with Crippen LogP contribution in [0.4, 0.5) is 5.13 Å². The molecule has 1 amide bonds. The lowest BCUT2D eigenvalue weighted by Crippen LogP contribution is -2.44. The number of amides is 1. The van der Waals surface area contributed by atoms with Crippen molar-refractivity contribution in [3.8, 4) is 0 Å². The summed E-state index contributed by atoms with van der Waals surface area (Å²) in [5.41, 5.74) is 0. The first-order valence-corrected chi connectivity index (χ1v) is 6.74. The van der Waals surface area contributed by atoms with Gasteiger partial charge in [0.25, 0.3) is 0 Å². The van der Waals surface area contributed by atoms with E-state index in [1.807, 2.05) is 12.4 Å². The van der Waals surface area contributed by atoms with Crippen molar-refractivity contribution in [3.63, 3.8) is 0 Å². The first kappa shape index (κ1) is 12.5. The Morgan fingerprint density at radius 3 is 3.06 bits per heavy atom. The van der Waals surface area contributed by atoms with Gasteiger partial charge in [-0.25, -0.2) is 4.98 Å². The highest BCUT2D eigenvalue weighted by atomic mass is 32.1. The minimum Gasteiger partial charge on any atom is -0.317 e. The molecule has 0 aromatic carbocycles. The number of carbonyl (C=O) groups excluding carboxylic acids is 1. The number of likely N-dealkylation sites (N-methyl/N-ethyl adjacent to an activating group) is 1. The number of carbonyl (C=O) groups is 1. The molecule has 0 atom stereocenters. The molecular formula is C11H18N4OS. The van der Waals surface area contributed by atoms with E-state index < -0.39 is 0 Å². The van der Waals surface area contributed by atoms with E-state index in [0.29, 0.717) is 17.7 Å². The van der Waals surface area contributed by atoms with E-state index in [9.17, 15) is 4.79 Å². The first-order chi connectivity index (χ1) is 8.25. The molecule has 1 aromatic heterocycles. The van der Waals surface area contributed by atoms with Crippen LogP contribution in [-0.2, 0) is 4.79 Å². The third-order valence-corrected chi connectivity index (χ3v) is 3.69. The number of aromatic nitrogens is 1. The predicted molar refractivity (Wildman–Crippen MR) is 69.3 cm³/mol. The summed E-state index contributed by atoms with van der Waals surface area (Å²) < 4.78 is 0. The number of rotatable bonds is 4. The number of hydrogen-bond acceptors (Lipinski definition) is 5. The number of anilines is 1. The molecule has 17 heavy (non-hydrogen) atoms. The summed E-state index contributed by atoms with van der Waals surface area (Å²) in [6.45, 7) is 2.52. The van der Waals surface area contributed by atoms with E-state index in [1.54, 1.807) is 6.20 Å². The lowest BCUT2D eigenvalue weighted by Gasteiger charge is -2.30. The van der Waals surface area contributed by atoms with Gasteiger partial charge in [0.1, 0.15) is 0 Å². The zero-order chi connectivity index (χ0) is 12.1. The normalized spacial score (nSPS) is 17.3. The van der Waals surface area contributed by atoms with Gasteiger partial charge in [-0.2, -0.15) is 0 Å². The van der Waals surface area contributed by atoms with Crippen molar-refractivity contribution in [2.45, 2.75) is 18.9 Å². The maximum Gasteiger partial charge on any atom is 0.240 e. The van der Waals surface area contributed by atoms with Crippen LogP contribution in [0.2, 0.25) is 0 Å². The lowest BCUT2D eigenvalue weighted by atomic mass is 10.1. The van der Waals surface area contributed by atoms with Gasteiger partial charge in [0.2, 0.25) is 5.91 Å². The van der Waals surface area contributed by atoms with Crippen LogP contribution in [0, 0.1) is 0 Å². The molecule has 0 bridgehead atoms. The van der Waals surface area contributed by atoms with Crippen LogP contribution in [0.25, 0.3) is 0 Å². The highest BCUT2D eigenvalue weighted by Crippen LogP contribution is 2.12. The molecular weight excluding hydrogens is 236 g/mol. The summed E-state index contributed by atoms with van der Waals surface area (Å²) in [4.78, 5) is 17.9. The first-order valence-electron chi connectivity index (χ1n) is 5.86. The average Bonchev–Trinajstić information content (AvgIpc) is 2.82. The van der Waals surface area contributed by atoms with Gasteiger partial charge in [0, 0.05) is 17.6 Å². The third kappa shape index (κ3) is 3.76. The molecule has 1 fully saturated rings. The van der Waals surface area contributed by atoms with Crippen LogP contribution >= 0.6 is 11.3 Å². The molecule has 0 spiro atoms. The van der Waals surface area contributed by atoms with E-state index in [0.717, 1.165) is 25.9 Å². The maximum atomic E-state index is 11.8. The molecule has 1 aromatic rings. The largest absolute Gasteiger partial charge is 0.317 e. The van der Waals surface area contributed by atoms with E-state index >= 15 is 0 Å². The summed E-state index contributed by atoms with van der Waals surface area (Å²) in [6, 6.07) is 0.512. The molecule has 2 N–H and O–H groups in total. The number of nitrogens with zero attached hydrogens (tertiary/aromatic N) is 2. The second-order valence-electron chi connectivity index (χ2n) is 4.28. The van der Waals surface area contributed by atoms with Gasteiger partial charge in [-0.3, -0.25) is 9.69 Å². The summed E-state index contributed by atoms with van der Waals surface area (Å²) in [5.74, 6) is 0.0148. The molecule has 1 saturated heterocycles. The Bertz CT molecular complexity index is 348. The molecule has 6 heteroatoms. The van der Waals surface area contributed by atoms with Crippen LogP contribution in [-0.4, -0.2) is 48.5 Å². The molecule has 5 nitrogen and oxygen atoms in total. The fourth-order valence-electron chi connectivity index (χ4n) is 2.05. The van der Waals surface area contributed by atoms with Crippen LogP contribution in [0.3, 0.4) is 0 Å². The van der Waals surface area contributed by atoms with Crippen molar-refractivity contribution < 1.29 is 4.79 Å². The van der Waals surface area contributed by atoms with E-state index in [1.165, 1.54) is 11.3 Å². The van der Waals surface area contributed by atoms with Gasteiger partial charge in [-0.15, -0.1) is 11.3 Å². The molecule has 2 heterocycles. The second kappa shape index (κ2) is 6.09. The Morgan fingerprint density at radius 1 is 1.65 bits per heavy atom. The Labute approximate surface area is 105 Å². The Kier molecular flexibility index (Phi) is 4.47. The molecule has 1 aliphatic rings. The second-order valence-corrected chi connectivity index (χ2v) is 5.18. The molecule has 0 unspecified atom stereocenters. The summed E-state index contributed by atoms with van der Waals surface area (Å²) >= 11 is 1.44. The number of thiazole rings is 1. The summed E-state index contributed by atoms with van der Waals surface area (Å²) in [7, 11) is 2.01. The SMILES string of the molecule is CN(CC(=O)Nc1nccs1)C1CCNCC1. The Morgan fingerprint density at radius 2 is 2.41 bits per heavy atom. The number of piperidine rings is 1. The van der Waals surface area contributed by atoms with Gasteiger partial charge in [0.15, 0.2) is 5.13 Å². The molecule has 1 aliphatic heterocycles. The smallest absolute Gasteiger partial charge is 0.240 e. The highest BCUT2D eigenvalue weighted by Gasteiger charge is 2.19. The third-order valence-electron chi connectivity index (χ3n) is 3.00. The zero-order valence-electron chi connectivity index (χ0n) is 9.98. The average molecular weight is 254 g/mol. The minimum absolute atomic E-state index is 0.0148. The number of hydrogen-bond donors (Lipinski definition) is 2. The Balaban J connectivity index is 1.77. The lowest BCUT2D eigenvalue weighted by molar-refractivity contribution is -0.117. The van der Waals surface area contributed by atoms with Crippen molar-refractivity contribution in [2.24, 2.45) is 0 Å². The predicted octanol–water partition coefficient (Wildman–Crippen LogP) is 0.765. The number of nitrogens with one attached hydrogen (secondary N) is 2. The van der Waals surface area contributed by atoms with Crippen LogP contribution in [0.5, 0.6) is 0 Å². The van der Waals surface area contributed by atoms with Gasteiger partial charge in [0.05, 0.1) is 6.54 Å². The topological polar surface area (TPSA) is 57.3 Å². The molecule has 0 aliphatic carbocycles. The van der Waals surface area contributed by atoms with Crippen LogP contribution < -0.4 is 10.6 Å². The van der Waals surface area contributed by atoms with Crippen molar-refractivity contribution >= 4 is 22.4 Å². The van der Waals surface area contributed by atoms with Gasteiger partial charge >= 0.3 is 0 Å².